The van der Waals surface area contributed by atoms with Crippen LogP contribution >= 0.6 is 11.3 Å². The van der Waals surface area contributed by atoms with Crippen LogP contribution in [-0.4, -0.2) is 17.3 Å². The highest BCUT2D eigenvalue weighted by Gasteiger charge is 2.73. The standard InChI is InChI=1S/C10H4F7NOS/c11-8(9(12,13)14,10(15,16)17)4-1-2-5-6(3-4)20-7(19)18-5/h1-3H,(H,18,19). The molecular formula is C10H4F7NOS. The summed E-state index contributed by atoms with van der Waals surface area (Å²) < 4.78 is 88.7. The van der Waals surface area contributed by atoms with E-state index < -0.39 is 28.5 Å². The fraction of sp³-hybridized carbons (Fsp3) is 0.300. The Balaban J connectivity index is 2.72. The van der Waals surface area contributed by atoms with Crippen LogP contribution in [0.4, 0.5) is 30.7 Å². The van der Waals surface area contributed by atoms with Gasteiger partial charge in [0.2, 0.25) is 0 Å². The molecule has 2 rings (SSSR count). The lowest BCUT2D eigenvalue weighted by molar-refractivity contribution is -0.348. The van der Waals surface area contributed by atoms with E-state index in [9.17, 15) is 35.5 Å². The molecule has 0 amide bonds. The third kappa shape index (κ3) is 2.07. The molecule has 0 fully saturated rings. The molecule has 0 unspecified atom stereocenters. The Morgan fingerprint density at radius 2 is 1.50 bits per heavy atom. The second-order valence-electron chi connectivity index (χ2n) is 3.88. The van der Waals surface area contributed by atoms with Crippen molar-refractivity contribution in [1.82, 2.24) is 4.98 Å². The highest BCUT2D eigenvalue weighted by Crippen LogP contribution is 2.53. The maximum absolute atomic E-state index is 13.7. The predicted molar refractivity (Wildman–Crippen MR) is 57.3 cm³/mol. The van der Waals surface area contributed by atoms with Gasteiger partial charge in [-0.3, -0.25) is 4.79 Å². The number of thiazole rings is 1. The summed E-state index contributed by atoms with van der Waals surface area (Å²) in [4.78, 5) is 12.5. The van der Waals surface area contributed by atoms with Gasteiger partial charge in [-0.05, 0) is 12.1 Å². The minimum Gasteiger partial charge on any atom is -0.312 e. The first-order chi connectivity index (χ1) is 8.97. The molecule has 0 aliphatic heterocycles. The lowest BCUT2D eigenvalue weighted by Gasteiger charge is -2.30. The van der Waals surface area contributed by atoms with Crippen molar-refractivity contribution in [2.75, 3.05) is 0 Å². The Hall–Kier alpha value is -1.58. The Kier molecular flexibility index (Phi) is 3.12. The minimum atomic E-state index is -6.17. The first-order valence-electron chi connectivity index (χ1n) is 4.92. The number of aromatic amines is 1. The third-order valence-electron chi connectivity index (χ3n) is 2.60. The van der Waals surface area contributed by atoms with Crippen LogP contribution < -0.4 is 4.87 Å². The summed E-state index contributed by atoms with van der Waals surface area (Å²) in [5.74, 6) is 0. The number of H-pyrrole nitrogens is 1. The number of halogens is 7. The quantitative estimate of drug-likeness (QED) is 0.795. The largest absolute Gasteiger partial charge is 0.435 e. The molecule has 2 nitrogen and oxygen atoms in total. The van der Waals surface area contributed by atoms with Crippen LogP contribution in [0.15, 0.2) is 23.0 Å². The molecule has 0 atom stereocenters. The molecule has 0 bridgehead atoms. The van der Waals surface area contributed by atoms with Gasteiger partial charge in [-0.15, -0.1) is 0 Å². The van der Waals surface area contributed by atoms with Crippen LogP contribution in [0.2, 0.25) is 0 Å². The van der Waals surface area contributed by atoms with E-state index in [-0.39, 0.29) is 10.2 Å². The van der Waals surface area contributed by atoms with Gasteiger partial charge in [-0.2, -0.15) is 26.3 Å². The molecule has 110 valence electrons. The Labute approximate surface area is 109 Å². The maximum Gasteiger partial charge on any atom is 0.435 e. The van der Waals surface area contributed by atoms with Crippen LogP contribution in [0.25, 0.3) is 10.2 Å². The zero-order chi connectivity index (χ0) is 15.3. The van der Waals surface area contributed by atoms with Crippen molar-refractivity contribution in [3.05, 3.63) is 33.4 Å². The number of fused-ring (bicyclic) bond motifs is 1. The summed E-state index contributed by atoms with van der Waals surface area (Å²) in [6.07, 6.45) is -12.3. The van der Waals surface area contributed by atoms with Crippen molar-refractivity contribution in [2.45, 2.75) is 18.0 Å². The normalized spacial score (nSPS) is 13.9. The second-order valence-corrected chi connectivity index (χ2v) is 4.89. The summed E-state index contributed by atoms with van der Waals surface area (Å²) in [5, 5.41) is 0. The van der Waals surface area contributed by atoms with Gasteiger partial charge >= 0.3 is 22.9 Å². The van der Waals surface area contributed by atoms with Gasteiger partial charge in [0.05, 0.1) is 10.2 Å². The minimum absolute atomic E-state index is 0.0375. The number of rotatable bonds is 1. The summed E-state index contributed by atoms with van der Waals surface area (Å²) in [7, 11) is 0. The smallest absolute Gasteiger partial charge is 0.312 e. The van der Waals surface area contributed by atoms with E-state index in [1.165, 1.54) is 0 Å². The second kappa shape index (κ2) is 4.21. The van der Waals surface area contributed by atoms with E-state index in [0.29, 0.717) is 23.5 Å². The molecule has 1 aromatic heterocycles. The lowest BCUT2D eigenvalue weighted by atomic mass is 9.94. The molecule has 0 aliphatic rings. The molecule has 0 spiro atoms. The van der Waals surface area contributed by atoms with Crippen LogP contribution in [-0.2, 0) is 5.67 Å². The molecule has 10 heteroatoms. The molecule has 0 aliphatic carbocycles. The van der Waals surface area contributed by atoms with Gasteiger partial charge in [0.25, 0.3) is 0 Å². The number of alkyl halides is 7. The summed E-state index contributed by atoms with van der Waals surface area (Å²) in [6.45, 7) is 0. The Bertz CT molecular complexity index is 682. The highest BCUT2D eigenvalue weighted by atomic mass is 32.1. The van der Waals surface area contributed by atoms with Crippen molar-refractivity contribution in [3.8, 4) is 0 Å². The van der Waals surface area contributed by atoms with Crippen molar-refractivity contribution < 1.29 is 30.7 Å². The third-order valence-corrected chi connectivity index (χ3v) is 3.45. The van der Waals surface area contributed by atoms with Crippen molar-refractivity contribution >= 4 is 21.6 Å². The number of hydrogen-bond donors (Lipinski definition) is 1. The average molecular weight is 319 g/mol. The first kappa shape index (κ1) is 14.8. The molecule has 1 N–H and O–H groups in total. The molecule has 1 aromatic carbocycles. The first-order valence-corrected chi connectivity index (χ1v) is 5.74. The van der Waals surface area contributed by atoms with E-state index in [4.69, 9.17) is 0 Å². The van der Waals surface area contributed by atoms with Gasteiger partial charge in [-0.1, -0.05) is 17.4 Å². The van der Waals surface area contributed by atoms with Crippen LogP contribution in [0.5, 0.6) is 0 Å². The van der Waals surface area contributed by atoms with Crippen LogP contribution in [0.3, 0.4) is 0 Å². The SMILES string of the molecule is O=c1[nH]c2ccc(C(F)(C(F)(F)F)C(F)(F)F)cc2s1. The molecule has 0 saturated carbocycles. The van der Waals surface area contributed by atoms with E-state index >= 15 is 0 Å². The summed E-state index contributed by atoms with van der Waals surface area (Å²) >= 11 is 0.391. The number of hydrogen-bond acceptors (Lipinski definition) is 2. The van der Waals surface area contributed by atoms with E-state index in [1.807, 2.05) is 0 Å². The van der Waals surface area contributed by atoms with E-state index in [1.54, 1.807) is 0 Å². The van der Waals surface area contributed by atoms with Gasteiger partial charge in [0.1, 0.15) is 0 Å². The monoisotopic (exact) mass is 319 g/mol. The number of benzene rings is 1. The molecule has 2 aromatic rings. The van der Waals surface area contributed by atoms with Crippen LogP contribution in [0, 0.1) is 0 Å². The van der Waals surface area contributed by atoms with Crippen LogP contribution in [0.1, 0.15) is 5.56 Å². The fourth-order valence-corrected chi connectivity index (χ4v) is 2.42. The Morgan fingerprint density at radius 1 is 0.950 bits per heavy atom. The van der Waals surface area contributed by atoms with Gasteiger partial charge in [0, 0.05) is 5.56 Å². The van der Waals surface area contributed by atoms with Crippen molar-refractivity contribution in [2.24, 2.45) is 0 Å². The molecule has 1 heterocycles. The molecule has 20 heavy (non-hydrogen) atoms. The highest BCUT2D eigenvalue weighted by molar-refractivity contribution is 7.16. The van der Waals surface area contributed by atoms with Gasteiger partial charge in [-0.25, -0.2) is 4.39 Å². The van der Waals surface area contributed by atoms with E-state index in [2.05, 4.69) is 4.98 Å². The molecule has 0 radical (unpaired) electrons. The van der Waals surface area contributed by atoms with Crippen molar-refractivity contribution in [1.29, 1.82) is 0 Å². The summed E-state index contributed by atoms with van der Waals surface area (Å²) in [6, 6.07) is 1.53. The molecule has 0 saturated heterocycles. The topological polar surface area (TPSA) is 32.9 Å². The molecular weight excluding hydrogens is 315 g/mol. The average Bonchev–Trinajstić information content (AvgIpc) is 2.63. The zero-order valence-corrected chi connectivity index (χ0v) is 10.0. The maximum atomic E-state index is 13.7. The van der Waals surface area contributed by atoms with Gasteiger partial charge in [0.15, 0.2) is 0 Å². The van der Waals surface area contributed by atoms with Crippen molar-refractivity contribution in [3.63, 3.8) is 0 Å². The summed E-state index contributed by atoms with van der Waals surface area (Å²) in [5.41, 5.74) is -7.06. The lowest BCUT2D eigenvalue weighted by Crippen LogP contribution is -2.50. The fourth-order valence-electron chi connectivity index (χ4n) is 1.65. The number of aromatic nitrogens is 1. The van der Waals surface area contributed by atoms with E-state index in [0.717, 1.165) is 6.07 Å². The zero-order valence-electron chi connectivity index (χ0n) is 9.19. The predicted octanol–water partition coefficient (Wildman–Crippen LogP) is 3.88. The number of nitrogens with one attached hydrogen (secondary N) is 1. The van der Waals surface area contributed by atoms with Gasteiger partial charge < -0.3 is 4.98 Å². The Morgan fingerprint density at radius 3 is 2.00 bits per heavy atom.